The molecule has 3 N–H and O–H groups in total. The van der Waals surface area contributed by atoms with E-state index in [1.807, 2.05) is 11.8 Å². The van der Waals surface area contributed by atoms with Gasteiger partial charge in [0.1, 0.15) is 11.4 Å². The SMILES string of the molecule is CCc1ccc(Nc2c(C(=O)N3CC(O)(CN4CCC(O)CC4)C3)ccc(F)c2F)c(F)c1. The standard InChI is InChI=1S/C24H28F3N3O3/c1-2-15-3-6-20(19(26)11-15)28-22-17(4-5-18(25)21(22)27)23(32)30-13-24(33,14-30)12-29-9-7-16(31)8-10-29/h3-6,11,16,28,31,33H,2,7-10,12-14H2,1H3. The van der Waals surface area contributed by atoms with Gasteiger partial charge in [-0.15, -0.1) is 0 Å². The van der Waals surface area contributed by atoms with Gasteiger partial charge < -0.3 is 25.3 Å². The van der Waals surface area contributed by atoms with Crippen LogP contribution in [0.5, 0.6) is 0 Å². The highest BCUT2D eigenvalue weighted by atomic mass is 19.2. The molecule has 0 bridgehead atoms. The van der Waals surface area contributed by atoms with Gasteiger partial charge in [0, 0.05) is 19.6 Å². The predicted octanol–water partition coefficient (Wildman–Crippen LogP) is 3.05. The number of nitrogens with one attached hydrogen (secondary N) is 1. The Morgan fingerprint density at radius 3 is 2.45 bits per heavy atom. The Labute approximate surface area is 190 Å². The Hall–Kier alpha value is -2.62. The lowest BCUT2D eigenvalue weighted by Gasteiger charge is -2.49. The summed E-state index contributed by atoms with van der Waals surface area (Å²) >= 11 is 0. The second-order valence-corrected chi connectivity index (χ2v) is 8.97. The van der Waals surface area contributed by atoms with Crippen LogP contribution in [0, 0.1) is 17.5 Å². The van der Waals surface area contributed by atoms with Crippen LogP contribution in [0.15, 0.2) is 30.3 Å². The zero-order valence-corrected chi connectivity index (χ0v) is 18.5. The number of halogens is 3. The van der Waals surface area contributed by atoms with E-state index in [9.17, 15) is 28.2 Å². The van der Waals surface area contributed by atoms with Crippen molar-refractivity contribution in [2.45, 2.75) is 37.9 Å². The Morgan fingerprint density at radius 1 is 1.12 bits per heavy atom. The summed E-state index contributed by atoms with van der Waals surface area (Å²) in [5.41, 5.74) is -1.01. The van der Waals surface area contributed by atoms with Crippen LogP contribution in [0.25, 0.3) is 0 Å². The molecule has 2 heterocycles. The molecule has 2 fully saturated rings. The second kappa shape index (κ2) is 9.32. The maximum atomic E-state index is 14.7. The quantitative estimate of drug-likeness (QED) is 0.614. The minimum Gasteiger partial charge on any atom is -0.393 e. The number of aliphatic hydroxyl groups excluding tert-OH is 1. The third-order valence-corrected chi connectivity index (χ3v) is 6.36. The molecule has 0 radical (unpaired) electrons. The van der Waals surface area contributed by atoms with Crippen LogP contribution in [0.1, 0.15) is 35.7 Å². The van der Waals surface area contributed by atoms with Gasteiger partial charge in [0.25, 0.3) is 5.91 Å². The summed E-state index contributed by atoms with van der Waals surface area (Å²) in [6.07, 6.45) is 1.57. The minimum absolute atomic E-state index is 0.0445. The monoisotopic (exact) mass is 463 g/mol. The molecule has 4 rings (SSSR count). The van der Waals surface area contributed by atoms with E-state index >= 15 is 0 Å². The summed E-state index contributed by atoms with van der Waals surface area (Å²) in [6.45, 7) is 3.65. The average molecular weight is 464 g/mol. The number of aliphatic hydroxyl groups is 2. The molecule has 2 aliphatic heterocycles. The number of rotatable bonds is 6. The number of aryl methyl sites for hydroxylation is 1. The summed E-state index contributed by atoms with van der Waals surface area (Å²) < 4.78 is 43.1. The molecule has 0 saturated carbocycles. The number of amides is 1. The van der Waals surface area contributed by atoms with E-state index in [-0.39, 0.29) is 30.4 Å². The Bertz CT molecular complexity index is 1040. The third-order valence-electron chi connectivity index (χ3n) is 6.36. The summed E-state index contributed by atoms with van der Waals surface area (Å²) in [7, 11) is 0. The molecule has 2 saturated heterocycles. The van der Waals surface area contributed by atoms with E-state index in [2.05, 4.69) is 5.32 Å². The summed E-state index contributed by atoms with van der Waals surface area (Å²) in [4.78, 5) is 16.5. The first kappa shape index (κ1) is 23.5. The minimum atomic E-state index is -1.28. The van der Waals surface area contributed by atoms with Crippen molar-refractivity contribution >= 4 is 17.3 Å². The van der Waals surface area contributed by atoms with Crippen molar-refractivity contribution in [3.05, 3.63) is 58.9 Å². The maximum absolute atomic E-state index is 14.7. The molecule has 9 heteroatoms. The van der Waals surface area contributed by atoms with Crippen LogP contribution in [0.3, 0.4) is 0 Å². The lowest BCUT2D eigenvalue weighted by molar-refractivity contribution is -0.102. The number of hydrogen-bond donors (Lipinski definition) is 3. The molecule has 0 aromatic heterocycles. The normalized spacial score (nSPS) is 18.8. The van der Waals surface area contributed by atoms with Crippen molar-refractivity contribution in [3.63, 3.8) is 0 Å². The molecular formula is C24H28F3N3O3. The highest BCUT2D eigenvalue weighted by Crippen LogP contribution is 2.32. The number of nitrogens with zero attached hydrogens (tertiary/aromatic N) is 2. The smallest absolute Gasteiger partial charge is 0.256 e. The van der Waals surface area contributed by atoms with Crippen molar-refractivity contribution in [2.24, 2.45) is 0 Å². The van der Waals surface area contributed by atoms with Gasteiger partial charge in [-0.1, -0.05) is 13.0 Å². The van der Waals surface area contributed by atoms with Crippen LogP contribution in [-0.2, 0) is 6.42 Å². The molecule has 2 aromatic carbocycles. The molecular weight excluding hydrogens is 435 g/mol. The Kier molecular flexibility index (Phi) is 6.65. The first-order chi connectivity index (χ1) is 15.7. The number of anilines is 2. The molecule has 178 valence electrons. The van der Waals surface area contributed by atoms with E-state index < -0.39 is 34.6 Å². The number of piperidine rings is 1. The fourth-order valence-electron chi connectivity index (χ4n) is 4.44. The van der Waals surface area contributed by atoms with Gasteiger partial charge in [0.05, 0.1) is 36.1 Å². The topological polar surface area (TPSA) is 76.0 Å². The third kappa shape index (κ3) is 5.00. The van der Waals surface area contributed by atoms with Gasteiger partial charge >= 0.3 is 0 Å². The van der Waals surface area contributed by atoms with Crippen molar-refractivity contribution in [1.82, 2.24) is 9.80 Å². The van der Waals surface area contributed by atoms with Crippen LogP contribution in [0.4, 0.5) is 24.5 Å². The number of hydrogen-bond acceptors (Lipinski definition) is 5. The van der Waals surface area contributed by atoms with Gasteiger partial charge in [0.2, 0.25) is 0 Å². The largest absolute Gasteiger partial charge is 0.393 e. The lowest BCUT2D eigenvalue weighted by atomic mass is 9.91. The molecule has 33 heavy (non-hydrogen) atoms. The van der Waals surface area contributed by atoms with Gasteiger partial charge in [-0.2, -0.15) is 0 Å². The van der Waals surface area contributed by atoms with Crippen molar-refractivity contribution in [2.75, 3.05) is 38.0 Å². The summed E-state index contributed by atoms with van der Waals surface area (Å²) in [5.74, 6) is -3.66. The zero-order chi connectivity index (χ0) is 23.8. The Morgan fingerprint density at radius 2 is 1.82 bits per heavy atom. The zero-order valence-electron chi connectivity index (χ0n) is 18.5. The molecule has 0 spiro atoms. The van der Waals surface area contributed by atoms with Crippen LogP contribution >= 0.6 is 0 Å². The van der Waals surface area contributed by atoms with E-state index in [1.165, 1.54) is 17.0 Å². The number of likely N-dealkylation sites (tertiary alicyclic amines) is 2. The van der Waals surface area contributed by atoms with E-state index in [0.29, 0.717) is 38.9 Å². The first-order valence-electron chi connectivity index (χ1n) is 11.1. The van der Waals surface area contributed by atoms with Crippen LogP contribution < -0.4 is 5.32 Å². The fraction of sp³-hybridized carbons (Fsp3) is 0.458. The number of carbonyl (C=O) groups excluding carboxylic acids is 1. The number of carbonyl (C=O) groups is 1. The fourth-order valence-corrected chi connectivity index (χ4v) is 4.44. The number of β-amino-alcohol motifs (C(OH)–C–C–N with tert-alkyl or cyclic N) is 1. The second-order valence-electron chi connectivity index (χ2n) is 8.97. The molecule has 0 aliphatic carbocycles. The van der Waals surface area contributed by atoms with E-state index in [4.69, 9.17) is 0 Å². The molecule has 6 nitrogen and oxygen atoms in total. The van der Waals surface area contributed by atoms with E-state index in [1.54, 1.807) is 6.07 Å². The van der Waals surface area contributed by atoms with Crippen molar-refractivity contribution in [1.29, 1.82) is 0 Å². The van der Waals surface area contributed by atoms with E-state index in [0.717, 1.165) is 17.7 Å². The van der Waals surface area contributed by atoms with Crippen molar-refractivity contribution < 1.29 is 28.2 Å². The molecule has 2 aliphatic rings. The van der Waals surface area contributed by atoms with Crippen molar-refractivity contribution in [3.8, 4) is 0 Å². The maximum Gasteiger partial charge on any atom is 0.256 e. The molecule has 1 amide bonds. The van der Waals surface area contributed by atoms with Gasteiger partial charge in [-0.05, 0) is 49.1 Å². The van der Waals surface area contributed by atoms with Gasteiger partial charge in [0.15, 0.2) is 11.6 Å². The molecule has 2 aromatic rings. The predicted molar refractivity (Wildman–Crippen MR) is 118 cm³/mol. The molecule has 0 atom stereocenters. The first-order valence-corrected chi connectivity index (χ1v) is 11.1. The van der Waals surface area contributed by atoms with Gasteiger partial charge in [-0.3, -0.25) is 4.79 Å². The Balaban J connectivity index is 1.49. The lowest BCUT2D eigenvalue weighted by Crippen LogP contribution is -2.68. The highest BCUT2D eigenvalue weighted by molar-refractivity contribution is 6.01. The average Bonchev–Trinajstić information content (AvgIpc) is 2.77. The van der Waals surface area contributed by atoms with Crippen LogP contribution in [-0.4, -0.2) is 70.3 Å². The van der Waals surface area contributed by atoms with Gasteiger partial charge in [-0.25, -0.2) is 13.2 Å². The van der Waals surface area contributed by atoms with Crippen LogP contribution in [0.2, 0.25) is 0 Å². The summed E-state index contributed by atoms with van der Waals surface area (Å²) in [6, 6.07) is 6.40. The highest BCUT2D eigenvalue weighted by Gasteiger charge is 2.45. The number of benzene rings is 2. The summed E-state index contributed by atoms with van der Waals surface area (Å²) in [5, 5.41) is 23.0. The molecule has 0 unspecified atom stereocenters.